The fourth-order valence-electron chi connectivity index (χ4n) is 3.31. The Hall–Kier alpha value is -2.53. The molecule has 1 aromatic carbocycles. The third-order valence-electron chi connectivity index (χ3n) is 4.81. The lowest BCUT2D eigenvalue weighted by Crippen LogP contribution is -2.45. The van der Waals surface area contributed by atoms with E-state index in [1.807, 2.05) is 19.2 Å². The molecule has 1 N–H and O–H groups in total. The second-order valence-corrected chi connectivity index (χ2v) is 6.71. The molecule has 0 amide bonds. The summed E-state index contributed by atoms with van der Waals surface area (Å²) < 4.78 is 5.59. The van der Waals surface area contributed by atoms with Gasteiger partial charge < -0.3 is 14.6 Å². The van der Waals surface area contributed by atoms with Crippen molar-refractivity contribution in [2.75, 3.05) is 40.8 Å². The number of aliphatic imine (C=N–C) groups is 1. The zero-order chi connectivity index (χ0) is 18.4. The monoisotopic (exact) mass is 352 g/mol. The van der Waals surface area contributed by atoms with Crippen molar-refractivity contribution in [2.45, 2.75) is 12.5 Å². The molecule has 138 valence electrons. The predicted molar refractivity (Wildman–Crippen MR) is 107 cm³/mol. The summed E-state index contributed by atoms with van der Waals surface area (Å²) in [6.45, 7) is 2.59. The fourth-order valence-corrected chi connectivity index (χ4v) is 3.31. The number of hydrogen-bond donors (Lipinski definition) is 1. The van der Waals surface area contributed by atoms with E-state index in [2.05, 4.69) is 70.6 Å². The molecule has 2 heterocycles. The van der Waals surface area contributed by atoms with Gasteiger partial charge in [0.05, 0.1) is 12.3 Å². The summed E-state index contributed by atoms with van der Waals surface area (Å²) >= 11 is 0. The zero-order valence-electron chi connectivity index (χ0n) is 15.9. The van der Waals surface area contributed by atoms with E-state index in [1.54, 1.807) is 6.26 Å². The van der Waals surface area contributed by atoms with Gasteiger partial charge in [-0.05, 0) is 43.8 Å². The number of rotatable bonds is 5. The molecule has 0 radical (unpaired) electrons. The van der Waals surface area contributed by atoms with Gasteiger partial charge in [-0.1, -0.05) is 36.4 Å². The highest BCUT2D eigenvalue weighted by atomic mass is 16.3. The fraction of sp³-hybridized carbons (Fsp3) is 0.381. The highest BCUT2D eigenvalue weighted by molar-refractivity contribution is 5.81. The van der Waals surface area contributed by atoms with Crippen LogP contribution in [-0.4, -0.2) is 56.5 Å². The summed E-state index contributed by atoms with van der Waals surface area (Å²) in [4.78, 5) is 8.92. The van der Waals surface area contributed by atoms with E-state index < -0.39 is 0 Å². The maximum atomic E-state index is 5.59. The normalized spacial score (nSPS) is 16.5. The molecule has 1 unspecified atom stereocenters. The largest absolute Gasteiger partial charge is 0.468 e. The van der Waals surface area contributed by atoms with E-state index in [1.165, 1.54) is 11.1 Å². The van der Waals surface area contributed by atoms with Crippen molar-refractivity contribution in [3.63, 3.8) is 0 Å². The Morgan fingerprint density at radius 3 is 2.62 bits per heavy atom. The average Bonchev–Trinajstić information content (AvgIpc) is 3.20. The summed E-state index contributed by atoms with van der Waals surface area (Å²) in [6.07, 6.45) is 5.06. The number of hydrogen-bond acceptors (Lipinski definition) is 3. The maximum absolute atomic E-state index is 5.59. The number of nitrogens with zero attached hydrogens (tertiary/aromatic N) is 3. The second-order valence-electron chi connectivity index (χ2n) is 6.71. The first kappa shape index (κ1) is 18.3. The number of guanidine groups is 1. The van der Waals surface area contributed by atoms with E-state index in [0.29, 0.717) is 0 Å². The van der Waals surface area contributed by atoms with Gasteiger partial charge in [0.2, 0.25) is 0 Å². The Balaban J connectivity index is 1.61. The second kappa shape index (κ2) is 8.72. The lowest BCUT2D eigenvalue weighted by Gasteiger charge is -2.31. The topological polar surface area (TPSA) is 44.0 Å². The molecule has 0 saturated carbocycles. The molecule has 5 nitrogen and oxygen atoms in total. The van der Waals surface area contributed by atoms with E-state index in [0.717, 1.165) is 37.8 Å². The van der Waals surface area contributed by atoms with E-state index in [4.69, 9.17) is 4.42 Å². The first-order valence-electron chi connectivity index (χ1n) is 9.09. The Morgan fingerprint density at radius 1 is 1.23 bits per heavy atom. The molecule has 2 aromatic rings. The molecule has 1 atom stereocenters. The van der Waals surface area contributed by atoms with Crippen LogP contribution in [0.4, 0.5) is 0 Å². The lowest BCUT2D eigenvalue weighted by molar-refractivity contribution is 0.256. The molecule has 0 aliphatic carbocycles. The van der Waals surface area contributed by atoms with Crippen LogP contribution in [-0.2, 0) is 0 Å². The minimum Gasteiger partial charge on any atom is -0.468 e. The molecular formula is C21H28N4O. The third-order valence-corrected chi connectivity index (χ3v) is 4.81. The van der Waals surface area contributed by atoms with Crippen LogP contribution >= 0.6 is 0 Å². The molecule has 0 fully saturated rings. The lowest BCUT2D eigenvalue weighted by atomic mass is 10.00. The Kier molecular flexibility index (Phi) is 6.12. The SMILES string of the molecule is CN=C(NCC(c1ccco1)N(C)C)N1CC=C(c2ccccc2)CC1. The molecule has 0 spiro atoms. The predicted octanol–water partition coefficient (Wildman–Crippen LogP) is 3.25. The standard InChI is InChI=1S/C21H28N4O/c1-22-21(23-16-19(24(2)3)20-10-7-15-26-20)25-13-11-18(12-14-25)17-8-5-4-6-9-17/h4-11,15,19H,12-14,16H2,1-3H3,(H,22,23). The van der Waals surface area contributed by atoms with Gasteiger partial charge >= 0.3 is 0 Å². The van der Waals surface area contributed by atoms with Crippen LogP contribution in [0.25, 0.3) is 5.57 Å². The Bertz CT molecular complexity index is 735. The van der Waals surface area contributed by atoms with Crippen LogP contribution in [0.5, 0.6) is 0 Å². The molecule has 1 aliphatic heterocycles. The van der Waals surface area contributed by atoms with E-state index in [9.17, 15) is 0 Å². The average molecular weight is 352 g/mol. The van der Waals surface area contributed by atoms with Crippen molar-refractivity contribution >= 4 is 11.5 Å². The van der Waals surface area contributed by atoms with Gasteiger partial charge in [-0.3, -0.25) is 9.89 Å². The van der Waals surface area contributed by atoms with Crippen LogP contribution < -0.4 is 5.32 Å². The minimum atomic E-state index is 0.168. The van der Waals surface area contributed by atoms with Gasteiger partial charge in [0.25, 0.3) is 0 Å². The van der Waals surface area contributed by atoms with Crippen molar-refractivity contribution in [2.24, 2.45) is 4.99 Å². The van der Waals surface area contributed by atoms with Crippen molar-refractivity contribution < 1.29 is 4.42 Å². The first-order valence-corrected chi connectivity index (χ1v) is 9.09. The quantitative estimate of drug-likeness (QED) is 0.663. The molecule has 1 aliphatic rings. The molecule has 3 rings (SSSR count). The van der Waals surface area contributed by atoms with Crippen LogP contribution in [0.2, 0.25) is 0 Å². The van der Waals surface area contributed by atoms with Crippen molar-refractivity contribution in [3.05, 3.63) is 66.1 Å². The summed E-state index contributed by atoms with van der Waals surface area (Å²) in [5, 5.41) is 3.51. The van der Waals surface area contributed by atoms with Gasteiger partial charge in [0.1, 0.15) is 5.76 Å². The number of furan rings is 1. The van der Waals surface area contributed by atoms with E-state index in [-0.39, 0.29) is 6.04 Å². The highest BCUT2D eigenvalue weighted by Crippen LogP contribution is 2.22. The minimum absolute atomic E-state index is 0.168. The van der Waals surface area contributed by atoms with Crippen molar-refractivity contribution in [1.82, 2.24) is 15.1 Å². The van der Waals surface area contributed by atoms with Gasteiger partial charge in [0, 0.05) is 26.7 Å². The first-order chi connectivity index (χ1) is 12.7. The smallest absolute Gasteiger partial charge is 0.194 e. The Labute approximate surface area is 156 Å². The molecule has 26 heavy (non-hydrogen) atoms. The molecule has 0 saturated heterocycles. The van der Waals surface area contributed by atoms with Gasteiger partial charge in [-0.2, -0.15) is 0 Å². The number of benzene rings is 1. The summed E-state index contributed by atoms with van der Waals surface area (Å²) in [7, 11) is 5.97. The zero-order valence-corrected chi connectivity index (χ0v) is 15.9. The van der Waals surface area contributed by atoms with Crippen LogP contribution in [0.3, 0.4) is 0 Å². The van der Waals surface area contributed by atoms with Gasteiger partial charge in [-0.25, -0.2) is 0 Å². The van der Waals surface area contributed by atoms with E-state index >= 15 is 0 Å². The van der Waals surface area contributed by atoms with Crippen LogP contribution in [0.15, 0.2) is 64.2 Å². The van der Waals surface area contributed by atoms with Crippen molar-refractivity contribution in [1.29, 1.82) is 0 Å². The molecule has 5 heteroatoms. The summed E-state index contributed by atoms with van der Waals surface area (Å²) in [5.41, 5.74) is 2.74. The molecule has 1 aromatic heterocycles. The number of likely N-dealkylation sites (N-methyl/N-ethyl adjacent to an activating group) is 1. The molecular weight excluding hydrogens is 324 g/mol. The third kappa shape index (κ3) is 4.35. The van der Waals surface area contributed by atoms with Gasteiger partial charge in [0.15, 0.2) is 5.96 Å². The highest BCUT2D eigenvalue weighted by Gasteiger charge is 2.20. The van der Waals surface area contributed by atoms with Crippen molar-refractivity contribution in [3.8, 4) is 0 Å². The maximum Gasteiger partial charge on any atom is 0.194 e. The molecule has 0 bridgehead atoms. The number of nitrogens with one attached hydrogen (secondary N) is 1. The summed E-state index contributed by atoms with van der Waals surface area (Å²) in [6, 6.07) is 14.7. The van der Waals surface area contributed by atoms with Gasteiger partial charge in [-0.15, -0.1) is 0 Å². The van der Waals surface area contributed by atoms with Crippen LogP contribution in [0.1, 0.15) is 23.8 Å². The summed E-state index contributed by atoms with van der Waals surface area (Å²) in [5.74, 6) is 1.90. The van der Waals surface area contributed by atoms with Crippen LogP contribution in [0, 0.1) is 0 Å². The Morgan fingerprint density at radius 2 is 2.04 bits per heavy atom.